The van der Waals surface area contributed by atoms with E-state index in [2.05, 4.69) is 0 Å². The van der Waals surface area contributed by atoms with E-state index in [4.69, 9.17) is 9.47 Å². The van der Waals surface area contributed by atoms with Crippen LogP contribution in [0.3, 0.4) is 0 Å². The summed E-state index contributed by atoms with van der Waals surface area (Å²) in [6.45, 7) is 5.47. The zero-order chi connectivity index (χ0) is 17.7. The number of carbonyl (C=O) groups is 2. The average molecular weight is 335 g/mol. The highest BCUT2D eigenvalue weighted by Gasteiger charge is 2.48. The molecule has 6 nitrogen and oxygen atoms in total. The number of ether oxygens (including phenoxy) is 2. The van der Waals surface area contributed by atoms with Crippen LogP contribution in [0.5, 0.6) is 5.75 Å². The smallest absolute Gasteiger partial charge is 0.311 e. The van der Waals surface area contributed by atoms with Gasteiger partial charge in [0.15, 0.2) is 0 Å². The molecule has 1 aromatic rings. The van der Waals surface area contributed by atoms with Gasteiger partial charge in [-0.1, -0.05) is 13.8 Å². The third kappa shape index (κ3) is 3.70. The summed E-state index contributed by atoms with van der Waals surface area (Å²) in [6, 6.07) is 6.90. The molecule has 1 amide bonds. The zero-order valence-electron chi connectivity index (χ0n) is 14.4. The first-order valence-corrected chi connectivity index (χ1v) is 8.15. The summed E-state index contributed by atoms with van der Waals surface area (Å²) >= 11 is 0. The van der Waals surface area contributed by atoms with E-state index in [0.29, 0.717) is 37.5 Å². The molecule has 0 bridgehead atoms. The summed E-state index contributed by atoms with van der Waals surface area (Å²) in [6.07, 6.45) is 0.490. The largest absolute Gasteiger partial charge is 0.491 e. The number of methoxy groups -OCH3 is 1. The third-order valence-electron chi connectivity index (χ3n) is 4.78. The molecule has 1 aliphatic rings. The molecule has 132 valence electrons. The van der Waals surface area contributed by atoms with Crippen LogP contribution in [-0.2, 0) is 9.53 Å². The van der Waals surface area contributed by atoms with Crippen molar-refractivity contribution >= 4 is 11.9 Å². The number of hydrogen-bond donors (Lipinski definition) is 1. The maximum Gasteiger partial charge on any atom is 0.311 e. The summed E-state index contributed by atoms with van der Waals surface area (Å²) in [5.74, 6) is -0.312. The number of hydrogen-bond acceptors (Lipinski definition) is 4. The molecule has 1 aromatic carbocycles. The summed E-state index contributed by atoms with van der Waals surface area (Å²) in [5, 5.41) is 9.58. The van der Waals surface area contributed by atoms with Crippen LogP contribution in [0.4, 0.5) is 0 Å². The Morgan fingerprint density at radius 2 is 1.92 bits per heavy atom. The van der Waals surface area contributed by atoms with Crippen LogP contribution >= 0.6 is 0 Å². The summed E-state index contributed by atoms with van der Waals surface area (Å²) in [7, 11) is 1.61. The zero-order valence-corrected chi connectivity index (χ0v) is 14.4. The predicted octanol–water partition coefficient (Wildman–Crippen LogP) is 2.28. The second-order valence-electron chi connectivity index (χ2n) is 6.46. The van der Waals surface area contributed by atoms with Crippen molar-refractivity contribution in [3.63, 3.8) is 0 Å². The fourth-order valence-corrected chi connectivity index (χ4v) is 3.02. The third-order valence-corrected chi connectivity index (χ3v) is 4.78. The Labute approximate surface area is 142 Å². The van der Waals surface area contributed by atoms with Crippen LogP contribution in [-0.4, -0.2) is 55.3 Å². The van der Waals surface area contributed by atoms with Crippen LogP contribution in [0, 0.1) is 11.3 Å². The van der Waals surface area contributed by atoms with Crippen molar-refractivity contribution in [3.05, 3.63) is 29.8 Å². The quantitative estimate of drug-likeness (QED) is 0.774. The van der Waals surface area contributed by atoms with Gasteiger partial charge in [-0.3, -0.25) is 9.59 Å². The van der Waals surface area contributed by atoms with Crippen molar-refractivity contribution in [2.45, 2.75) is 20.3 Å². The van der Waals surface area contributed by atoms with Gasteiger partial charge in [-0.25, -0.2) is 0 Å². The van der Waals surface area contributed by atoms with Gasteiger partial charge in [-0.05, 0) is 36.6 Å². The van der Waals surface area contributed by atoms with Gasteiger partial charge in [-0.15, -0.1) is 0 Å². The van der Waals surface area contributed by atoms with Gasteiger partial charge in [-0.2, -0.15) is 0 Å². The lowest BCUT2D eigenvalue weighted by atomic mass is 9.76. The highest BCUT2D eigenvalue weighted by Crippen LogP contribution is 2.38. The Hall–Kier alpha value is -2.08. The first-order valence-electron chi connectivity index (χ1n) is 8.15. The number of carbonyl (C=O) groups excluding carboxylic acids is 1. The normalized spacial score (nSPS) is 20.4. The molecular formula is C18H25NO5. The van der Waals surface area contributed by atoms with Crippen LogP contribution < -0.4 is 4.74 Å². The number of carboxylic acid groups (broad SMARTS) is 1. The maximum atomic E-state index is 12.6. The first-order chi connectivity index (χ1) is 11.4. The van der Waals surface area contributed by atoms with E-state index in [1.54, 1.807) is 36.3 Å². The van der Waals surface area contributed by atoms with E-state index in [-0.39, 0.29) is 18.4 Å². The standard InChI is InChI=1S/C18H25NO5/c1-13(2)18(17(21)22)8-9-19(12-18)16(20)14-4-6-15(7-5-14)24-11-10-23-3/h4-7,13H,8-12H2,1-3H3,(H,21,22). The van der Waals surface area contributed by atoms with Gasteiger partial charge in [0.25, 0.3) is 5.91 Å². The lowest BCUT2D eigenvalue weighted by Crippen LogP contribution is -2.40. The Morgan fingerprint density at radius 1 is 1.25 bits per heavy atom. The Kier molecular flexibility index (Phi) is 5.83. The lowest BCUT2D eigenvalue weighted by molar-refractivity contribution is -0.150. The molecule has 0 aliphatic carbocycles. The van der Waals surface area contributed by atoms with Gasteiger partial charge in [0.05, 0.1) is 12.0 Å². The summed E-state index contributed by atoms with van der Waals surface area (Å²) in [4.78, 5) is 25.9. The van der Waals surface area contributed by atoms with Gasteiger partial charge in [0.1, 0.15) is 12.4 Å². The van der Waals surface area contributed by atoms with Crippen LogP contribution in [0.15, 0.2) is 24.3 Å². The van der Waals surface area contributed by atoms with E-state index in [1.807, 2.05) is 13.8 Å². The topological polar surface area (TPSA) is 76.1 Å². The van der Waals surface area contributed by atoms with Crippen LogP contribution in [0.25, 0.3) is 0 Å². The predicted molar refractivity (Wildman–Crippen MR) is 89.2 cm³/mol. The molecule has 0 saturated carbocycles. The van der Waals surface area contributed by atoms with E-state index in [9.17, 15) is 14.7 Å². The molecule has 2 rings (SSSR count). The fraction of sp³-hybridized carbons (Fsp3) is 0.556. The van der Waals surface area contributed by atoms with Crippen LogP contribution in [0.2, 0.25) is 0 Å². The number of benzene rings is 1. The molecule has 1 unspecified atom stereocenters. The number of carboxylic acids is 1. The molecule has 0 spiro atoms. The lowest BCUT2D eigenvalue weighted by Gasteiger charge is -2.28. The monoisotopic (exact) mass is 335 g/mol. The molecule has 24 heavy (non-hydrogen) atoms. The van der Waals surface area contributed by atoms with E-state index in [1.165, 1.54) is 0 Å². The second-order valence-corrected chi connectivity index (χ2v) is 6.46. The minimum Gasteiger partial charge on any atom is -0.491 e. The minimum atomic E-state index is -0.848. The average Bonchev–Trinajstić information content (AvgIpc) is 3.02. The van der Waals surface area contributed by atoms with Crippen molar-refractivity contribution in [2.75, 3.05) is 33.4 Å². The highest BCUT2D eigenvalue weighted by atomic mass is 16.5. The molecule has 1 aliphatic heterocycles. The minimum absolute atomic E-state index is 0.0237. The Bertz CT molecular complexity index is 584. The second kappa shape index (κ2) is 7.66. The van der Waals surface area contributed by atoms with Crippen molar-refractivity contribution in [3.8, 4) is 5.75 Å². The van der Waals surface area contributed by atoms with E-state index < -0.39 is 11.4 Å². The summed E-state index contributed by atoms with van der Waals surface area (Å²) < 4.78 is 10.4. The van der Waals surface area contributed by atoms with Gasteiger partial charge in [0, 0.05) is 25.8 Å². The van der Waals surface area contributed by atoms with Crippen LogP contribution in [0.1, 0.15) is 30.6 Å². The van der Waals surface area contributed by atoms with Gasteiger partial charge >= 0.3 is 5.97 Å². The Morgan fingerprint density at radius 3 is 2.42 bits per heavy atom. The number of rotatable bonds is 7. The number of amides is 1. The van der Waals surface area contributed by atoms with Crippen molar-refractivity contribution < 1.29 is 24.2 Å². The fourth-order valence-electron chi connectivity index (χ4n) is 3.02. The number of aliphatic carboxylic acids is 1. The molecule has 1 N–H and O–H groups in total. The number of nitrogens with zero attached hydrogens (tertiary/aromatic N) is 1. The molecular weight excluding hydrogens is 310 g/mol. The molecule has 1 atom stereocenters. The SMILES string of the molecule is COCCOc1ccc(C(=O)N2CCC(C(=O)O)(C(C)C)C2)cc1. The molecule has 1 heterocycles. The molecule has 1 saturated heterocycles. The number of likely N-dealkylation sites (tertiary alicyclic amines) is 1. The molecule has 1 fully saturated rings. The van der Waals surface area contributed by atoms with E-state index >= 15 is 0 Å². The highest BCUT2D eigenvalue weighted by molar-refractivity contribution is 5.95. The van der Waals surface area contributed by atoms with Crippen molar-refractivity contribution in [2.24, 2.45) is 11.3 Å². The molecule has 0 aromatic heterocycles. The van der Waals surface area contributed by atoms with Crippen molar-refractivity contribution in [1.29, 1.82) is 0 Å². The first kappa shape index (κ1) is 18.3. The Balaban J connectivity index is 2.03. The molecule has 0 radical (unpaired) electrons. The van der Waals surface area contributed by atoms with Gasteiger partial charge in [0.2, 0.25) is 0 Å². The summed E-state index contributed by atoms with van der Waals surface area (Å²) in [5.41, 5.74) is -0.308. The maximum absolute atomic E-state index is 12.6. The molecule has 6 heteroatoms. The van der Waals surface area contributed by atoms with Crippen molar-refractivity contribution in [1.82, 2.24) is 4.90 Å². The van der Waals surface area contributed by atoms with E-state index in [0.717, 1.165) is 0 Å². The van der Waals surface area contributed by atoms with Gasteiger partial charge < -0.3 is 19.5 Å².